The van der Waals surface area contributed by atoms with Crippen molar-refractivity contribution in [2.24, 2.45) is 5.92 Å². The van der Waals surface area contributed by atoms with Crippen LogP contribution in [0.5, 0.6) is 0 Å². The van der Waals surface area contributed by atoms with E-state index in [-0.39, 0.29) is 35.4 Å². The van der Waals surface area contributed by atoms with E-state index in [1.54, 1.807) is 18.2 Å². The molecule has 0 aliphatic heterocycles. The molecule has 1 fully saturated rings. The minimum Gasteiger partial charge on any atom is -0.388 e. The Morgan fingerprint density at radius 2 is 1.88 bits per heavy atom. The van der Waals surface area contributed by atoms with Gasteiger partial charge in [-0.15, -0.1) is 0 Å². The third-order valence-corrected chi connectivity index (χ3v) is 4.65. The average Bonchev–Trinajstić information content (AvgIpc) is 3.36. The zero-order valence-corrected chi connectivity index (χ0v) is 14.0. The maximum Gasteiger partial charge on any atom is 0.223 e. The summed E-state index contributed by atoms with van der Waals surface area (Å²) in [5.74, 6) is -1.04. The molecule has 1 amide bonds. The third-order valence-electron chi connectivity index (χ3n) is 4.65. The first kappa shape index (κ1) is 17.5. The van der Waals surface area contributed by atoms with E-state index in [1.807, 2.05) is 6.92 Å². The molecular weight excluding hydrogens is 324 g/mol. The first-order valence-corrected chi connectivity index (χ1v) is 8.44. The molecule has 132 valence electrons. The summed E-state index contributed by atoms with van der Waals surface area (Å²) in [6.45, 7) is 1.81. The Bertz CT molecular complexity index is 748. The Balaban J connectivity index is 1.52. The highest BCUT2D eigenvalue weighted by molar-refractivity contribution is 5.83. The molecule has 0 aromatic heterocycles. The van der Waals surface area contributed by atoms with Crippen LogP contribution in [-0.4, -0.2) is 17.1 Å². The lowest BCUT2D eigenvalue weighted by Crippen LogP contribution is -2.35. The summed E-state index contributed by atoms with van der Waals surface area (Å²) in [4.78, 5) is 12.3. The minimum absolute atomic E-state index is 0.0737. The van der Waals surface area contributed by atoms with Crippen LogP contribution >= 0.6 is 0 Å². The second-order valence-corrected chi connectivity index (χ2v) is 6.68. The fourth-order valence-corrected chi connectivity index (χ4v) is 3.17. The number of benzene rings is 2. The van der Waals surface area contributed by atoms with E-state index in [0.717, 1.165) is 0 Å². The van der Waals surface area contributed by atoms with Gasteiger partial charge in [-0.2, -0.15) is 0 Å². The van der Waals surface area contributed by atoms with Crippen molar-refractivity contribution in [1.82, 2.24) is 5.32 Å². The molecule has 0 heterocycles. The topological polar surface area (TPSA) is 49.3 Å². The molecule has 0 spiro atoms. The van der Waals surface area contributed by atoms with Gasteiger partial charge in [0.1, 0.15) is 11.6 Å². The van der Waals surface area contributed by atoms with Crippen molar-refractivity contribution in [3.8, 4) is 0 Å². The van der Waals surface area contributed by atoms with Crippen LogP contribution in [0.4, 0.5) is 8.78 Å². The first-order valence-electron chi connectivity index (χ1n) is 8.44. The summed E-state index contributed by atoms with van der Waals surface area (Å²) in [5.41, 5.74) is 1.19. The number of hydrogen-bond donors (Lipinski definition) is 2. The summed E-state index contributed by atoms with van der Waals surface area (Å²) < 4.78 is 26.7. The maximum absolute atomic E-state index is 13.8. The SMILES string of the molecule is CC(CC(O)c1ccc(F)cc1)NC(=O)C1CC1c1ccccc1F. The Morgan fingerprint density at radius 1 is 1.20 bits per heavy atom. The molecule has 0 radical (unpaired) electrons. The normalized spacial score (nSPS) is 21.4. The van der Waals surface area contributed by atoms with Crippen molar-refractivity contribution in [3.05, 3.63) is 71.3 Å². The lowest BCUT2D eigenvalue weighted by molar-refractivity contribution is -0.123. The van der Waals surface area contributed by atoms with Gasteiger partial charge in [-0.05, 0) is 55.0 Å². The number of rotatable bonds is 6. The molecule has 4 atom stereocenters. The summed E-state index contributed by atoms with van der Waals surface area (Å²) in [5, 5.41) is 13.1. The maximum atomic E-state index is 13.8. The summed E-state index contributed by atoms with van der Waals surface area (Å²) in [6.07, 6.45) is 0.187. The third kappa shape index (κ3) is 4.23. The van der Waals surface area contributed by atoms with Gasteiger partial charge in [0.15, 0.2) is 0 Å². The van der Waals surface area contributed by atoms with Crippen LogP contribution in [0.2, 0.25) is 0 Å². The van der Waals surface area contributed by atoms with Crippen LogP contribution in [-0.2, 0) is 4.79 Å². The molecule has 2 aromatic rings. The molecule has 1 aliphatic rings. The number of nitrogens with one attached hydrogen (secondary N) is 1. The number of hydrogen-bond acceptors (Lipinski definition) is 2. The van der Waals surface area contributed by atoms with Crippen molar-refractivity contribution < 1.29 is 18.7 Å². The quantitative estimate of drug-likeness (QED) is 0.839. The van der Waals surface area contributed by atoms with Crippen molar-refractivity contribution in [2.45, 2.75) is 37.8 Å². The summed E-state index contributed by atoms with van der Waals surface area (Å²) >= 11 is 0. The molecule has 2 aromatic carbocycles. The summed E-state index contributed by atoms with van der Waals surface area (Å²) in [7, 11) is 0. The Hall–Kier alpha value is -2.27. The van der Waals surface area contributed by atoms with E-state index >= 15 is 0 Å². The Kier molecular flexibility index (Phi) is 5.13. The van der Waals surface area contributed by atoms with E-state index in [1.165, 1.54) is 30.3 Å². The lowest BCUT2D eigenvalue weighted by atomic mass is 10.0. The molecule has 25 heavy (non-hydrogen) atoms. The Morgan fingerprint density at radius 3 is 2.56 bits per heavy atom. The highest BCUT2D eigenvalue weighted by Gasteiger charge is 2.45. The molecule has 0 bridgehead atoms. The van der Waals surface area contributed by atoms with Crippen molar-refractivity contribution in [1.29, 1.82) is 0 Å². The number of halogens is 2. The second kappa shape index (κ2) is 7.31. The number of carbonyl (C=O) groups is 1. The van der Waals surface area contributed by atoms with Gasteiger partial charge in [-0.1, -0.05) is 30.3 Å². The highest BCUT2D eigenvalue weighted by atomic mass is 19.1. The number of aliphatic hydroxyl groups is 1. The van der Waals surface area contributed by atoms with E-state index in [2.05, 4.69) is 5.32 Å². The van der Waals surface area contributed by atoms with Gasteiger partial charge in [0.2, 0.25) is 5.91 Å². The van der Waals surface area contributed by atoms with Gasteiger partial charge in [-0.3, -0.25) is 4.79 Å². The summed E-state index contributed by atoms with van der Waals surface area (Å²) in [6, 6.07) is 11.9. The van der Waals surface area contributed by atoms with Crippen LogP contribution in [0.1, 0.15) is 42.9 Å². The van der Waals surface area contributed by atoms with Crippen molar-refractivity contribution in [3.63, 3.8) is 0 Å². The number of amides is 1. The largest absolute Gasteiger partial charge is 0.388 e. The number of aliphatic hydroxyl groups excluding tert-OH is 1. The van der Waals surface area contributed by atoms with Crippen LogP contribution in [0, 0.1) is 17.6 Å². The molecule has 3 rings (SSSR count). The molecule has 3 nitrogen and oxygen atoms in total. The minimum atomic E-state index is -0.780. The molecule has 0 saturated heterocycles. The molecule has 1 aliphatic carbocycles. The zero-order valence-electron chi connectivity index (χ0n) is 14.0. The highest BCUT2D eigenvalue weighted by Crippen LogP contribution is 2.48. The molecule has 5 heteroatoms. The van der Waals surface area contributed by atoms with Crippen LogP contribution < -0.4 is 5.32 Å². The smallest absolute Gasteiger partial charge is 0.223 e. The first-order chi connectivity index (χ1) is 12.0. The molecule has 4 unspecified atom stereocenters. The fraction of sp³-hybridized carbons (Fsp3) is 0.350. The van der Waals surface area contributed by atoms with Gasteiger partial charge in [0.05, 0.1) is 6.10 Å². The second-order valence-electron chi connectivity index (χ2n) is 6.68. The van der Waals surface area contributed by atoms with Gasteiger partial charge in [-0.25, -0.2) is 8.78 Å². The van der Waals surface area contributed by atoms with Gasteiger partial charge < -0.3 is 10.4 Å². The van der Waals surface area contributed by atoms with Crippen molar-refractivity contribution >= 4 is 5.91 Å². The number of carbonyl (C=O) groups excluding carboxylic acids is 1. The Labute approximate surface area is 145 Å². The fourth-order valence-electron chi connectivity index (χ4n) is 3.17. The van der Waals surface area contributed by atoms with Crippen molar-refractivity contribution in [2.75, 3.05) is 0 Å². The average molecular weight is 345 g/mol. The van der Waals surface area contributed by atoms with Gasteiger partial charge in [0, 0.05) is 12.0 Å². The van der Waals surface area contributed by atoms with Gasteiger partial charge in [0.25, 0.3) is 0 Å². The zero-order chi connectivity index (χ0) is 18.0. The predicted molar refractivity (Wildman–Crippen MR) is 90.8 cm³/mol. The molecule has 1 saturated carbocycles. The van der Waals surface area contributed by atoms with Gasteiger partial charge >= 0.3 is 0 Å². The van der Waals surface area contributed by atoms with E-state index in [4.69, 9.17) is 0 Å². The monoisotopic (exact) mass is 345 g/mol. The van der Waals surface area contributed by atoms with E-state index < -0.39 is 6.10 Å². The molecule has 2 N–H and O–H groups in total. The van der Waals surface area contributed by atoms with Crippen LogP contribution in [0.3, 0.4) is 0 Å². The predicted octanol–water partition coefficient (Wildman–Crippen LogP) is 3.70. The lowest BCUT2D eigenvalue weighted by Gasteiger charge is -2.18. The van der Waals surface area contributed by atoms with Crippen LogP contribution in [0.25, 0.3) is 0 Å². The van der Waals surface area contributed by atoms with E-state index in [0.29, 0.717) is 24.0 Å². The molecular formula is C20H21F2NO2. The standard InChI is InChI=1S/C20H21F2NO2/c1-12(10-19(24)13-6-8-14(21)9-7-13)23-20(25)17-11-16(17)15-4-2-3-5-18(15)22/h2-9,12,16-17,19,24H,10-11H2,1H3,(H,23,25). The van der Waals surface area contributed by atoms with Crippen LogP contribution in [0.15, 0.2) is 48.5 Å². The van der Waals surface area contributed by atoms with E-state index in [9.17, 15) is 18.7 Å².